The molecular weight excluding hydrogens is 515 g/mol. The molecule has 0 saturated carbocycles. The number of nitrogens with zero attached hydrogens (tertiary/aromatic N) is 4. The normalized spacial score (nSPS) is 16.7. The first-order chi connectivity index (χ1) is 19.8. The molecule has 3 aromatic carbocycles. The van der Waals surface area contributed by atoms with Gasteiger partial charge in [-0.3, -0.25) is 9.69 Å². The van der Waals surface area contributed by atoms with E-state index >= 15 is 0 Å². The minimum absolute atomic E-state index is 0.157. The number of aryl methyl sites for hydroxylation is 4. The van der Waals surface area contributed by atoms with Crippen LogP contribution in [0.4, 0.5) is 4.39 Å². The maximum absolute atomic E-state index is 14.1. The number of esters is 1. The number of carbonyl (C=O) groups is 1. The third-order valence-electron chi connectivity index (χ3n) is 8.78. The second-order valence-electron chi connectivity index (χ2n) is 11.5. The van der Waals surface area contributed by atoms with Gasteiger partial charge in [0.1, 0.15) is 11.3 Å². The van der Waals surface area contributed by atoms with Gasteiger partial charge in [0.2, 0.25) is 0 Å². The van der Waals surface area contributed by atoms with Gasteiger partial charge in [-0.25, -0.2) is 9.07 Å². The van der Waals surface area contributed by atoms with Gasteiger partial charge in [0, 0.05) is 32.6 Å². The molecule has 1 unspecified atom stereocenters. The number of aromatic nitrogens is 3. The van der Waals surface area contributed by atoms with Crippen LogP contribution in [0.3, 0.4) is 0 Å². The van der Waals surface area contributed by atoms with Gasteiger partial charge >= 0.3 is 5.97 Å². The summed E-state index contributed by atoms with van der Waals surface area (Å²) in [6, 6.07) is 16.0. The molecule has 1 aliphatic rings. The molecule has 41 heavy (non-hydrogen) atoms. The smallest absolute Gasteiger partial charge is 0.306 e. The van der Waals surface area contributed by atoms with E-state index in [0.717, 1.165) is 72.2 Å². The van der Waals surface area contributed by atoms with Crippen LogP contribution in [-0.2, 0) is 36.1 Å². The molecule has 0 N–H and O–H groups in total. The Morgan fingerprint density at radius 1 is 1.10 bits per heavy atom. The molecule has 216 valence electrons. The molecule has 0 saturated heterocycles. The van der Waals surface area contributed by atoms with Crippen molar-refractivity contribution in [3.8, 4) is 0 Å². The Morgan fingerprint density at radius 2 is 1.93 bits per heavy atom. The summed E-state index contributed by atoms with van der Waals surface area (Å²) in [5.41, 5.74) is 9.81. The molecule has 0 amide bonds. The first kappa shape index (κ1) is 28.9. The Kier molecular flexibility index (Phi) is 8.83. The highest BCUT2D eigenvalue weighted by Crippen LogP contribution is 2.35. The van der Waals surface area contributed by atoms with Crippen molar-refractivity contribution >= 4 is 17.0 Å². The summed E-state index contributed by atoms with van der Waals surface area (Å²) in [5, 5.41) is 8.61. The fourth-order valence-electron chi connectivity index (χ4n) is 6.30. The van der Waals surface area contributed by atoms with Crippen LogP contribution in [0.2, 0.25) is 0 Å². The maximum atomic E-state index is 14.1. The van der Waals surface area contributed by atoms with Crippen LogP contribution < -0.4 is 0 Å². The SMILES string of the molecule is CCOC(=O)CC(c1ccc(C)c(CN2Cc3ccc(F)cc3CC[C@H](CC)C2)c1)c1ccc2c(nnn2C)c1C. The second-order valence-corrected chi connectivity index (χ2v) is 11.5. The van der Waals surface area contributed by atoms with Crippen molar-refractivity contribution in [1.29, 1.82) is 0 Å². The van der Waals surface area contributed by atoms with Gasteiger partial charge < -0.3 is 4.74 Å². The molecule has 7 heteroatoms. The van der Waals surface area contributed by atoms with Gasteiger partial charge in [-0.1, -0.05) is 48.9 Å². The summed E-state index contributed by atoms with van der Waals surface area (Å²) < 4.78 is 21.2. The monoisotopic (exact) mass is 556 g/mol. The average molecular weight is 557 g/mol. The van der Waals surface area contributed by atoms with E-state index in [4.69, 9.17) is 4.74 Å². The molecule has 0 spiro atoms. The minimum atomic E-state index is -0.211. The lowest BCUT2D eigenvalue weighted by Gasteiger charge is -2.31. The van der Waals surface area contributed by atoms with E-state index in [1.165, 1.54) is 16.7 Å². The maximum Gasteiger partial charge on any atom is 0.306 e. The Labute approximate surface area is 242 Å². The third kappa shape index (κ3) is 6.35. The van der Waals surface area contributed by atoms with Crippen molar-refractivity contribution in [2.24, 2.45) is 13.0 Å². The van der Waals surface area contributed by atoms with Crippen LogP contribution in [0, 0.1) is 25.6 Å². The van der Waals surface area contributed by atoms with Gasteiger partial charge in [-0.15, -0.1) is 5.10 Å². The quantitative estimate of drug-likeness (QED) is 0.224. The van der Waals surface area contributed by atoms with Crippen molar-refractivity contribution in [1.82, 2.24) is 19.9 Å². The summed E-state index contributed by atoms with van der Waals surface area (Å²) in [5.74, 6) is 0.0267. The van der Waals surface area contributed by atoms with Gasteiger partial charge in [0.25, 0.3) is 0 Å². The average Bonchev–Trinajstić information content (AvgIpc) is 3.32. The number of rotatable bonds is 8. The summed E-state index contributed by atoms with van der Waals surface area (Å²) >= 11 is 0. The highest BCUT2D eigenvalue weighted by atomic mass is 19.1. The zero-order valence-electron chi connectivity index (χ0n) is 24.9. The topological polar surface area (TPSA) is 60.2 Å². The molecule has 1 aromatic heterocycles. The molecule has 0 radical (unpaired) electrons. The number of hydrogen-bond donors (Lipinski definition) is 0. The molecule has 0 bridgehead atoms. The standard InChI is InChI=1S/C34H41FN4O2/c1-6-24-9-11-25-17-29(35)13-12-27(25)20-39(19-24)21-28-16-26(10-8-22(28)3)31(18-33(40)41-7-2)30-14-15-32-34(23(30)4)36-37-38(32)5/h8,10,12-17,24,31H,6-7,9,11,18-21H2,1-5H3/t24-,31?/m0/s1. The van der Waals surface area contributed by atoms with Gasteiger partial charge in [0.05, 0.1) is 18.5 Å². The number of ether oxygens (including phenoxy) is 1. The fourth-order valence-corrected chi connectivity index (χ4v) is 6.30. The number of benzene rings is 3. The van der Waals surface area contributed by atoms with Crippen LogP contribution in [0.15, 0.2) is 48.5 Å². The van der Waals surface area contributed by atoms with E-state index in [1.807, 2.05) is 26.1 Å². The summed E-state index contributed by atoms with van der Waals surface area (Å²) in [6.45, 7) is 11.3. The number of hydrogen-bond acceptors (Lipinski definition) is 5. The van der Waals surface area contributed by atoms with Gasteiger partial charge in [-0.05, 0) is 96.7 Å². The molecule has 6 nitrogen and oxygen atoms in total. The predicted octanol–water partition coefficient (Wildman–Crippen LogP) is 6.78. The van der Waals surface area contributed by atoms with E-state index in [-0.39, 0.29) is 24.1 Å². The van der Waals surface area contributed by atoms with Crippen LogP contribution in [0.1, 0.15) is 78.0 Å². The highest BCUT2D eigenvalue weighted by Gasteiger charge is 2.25. The highest BCUT2D eigenvalue weighted by molar-refractivity contribution is 5.80. The van der Waals surface area contributed by atoms with Crippen molar-refractivity contribution < 1.29 is 13.9 Å². The fraction of sp³-hybridized carbons (Fsp3) is 0.441. The third-order valence-corrected chi connectivity index (χ3v) is 8.78. The van der Waals surface area contributed by atoms with Crippen molar-refractivity contribution in [2.45, 2.75) is 72.4 Å². The Bertz CT molecular complexity index is 1550. The number of fused-ring (bicyclic) bond motifs is 2. The molecule has 0 aliphatic carbocycles. The van der Waals surface area contributed by atoms with Crippen LogP contribution in [0.25, 0.3) is 11.0 Å². The van der Waals surface area contributed by atoms with E-state index in [9.17, 15) is 9.18 Å². The van der Waals surface area contributed by atoms with E-state index < -0.39 is 0 Å². The Morgan fingerprint density at radius 3 is 2.71 bits per heavy atom. The lowest BCUT2D eigenvalue weighted by molar-refractivity contribution is -0.143. The molecule has 2 atom stereocenters. The molecule has 2 heterocycles. The largest absolute Gasteiger partial charge is 0.466 e. The Hall–Kier alpha value is -3.58. The molecule has 1 aliphatic heterocycles. The first-order valence-corrected chi connectivity index (χ1v) is 14.8. The molecule has 0 fully saturated rings. The van der Waals surface area contributed by atoms with Crippen molar-refractivity contribution in [3.63, 3.8) is 0 Å². The number of carbonyl (C=O) groups excluding carboxylic acids is 1. The summed E-state index contributed by atoms with van der Waals surface area (Å²) in [4.78, 5) is 15.3. The molecule has 5 rings (SSSR count). The van der Waals surface area contributed by atoms with Crippen molar-refractivity contribution in [3.05, 3.63) is 93.3 Å². The minimum Gasteiger partial charge on any atom is -0.466 e. The molecule has 4 aromatic rings. The molecular formula is C34H41FN4O2. The van der Waals surface area contributed by atoms with Crippen LogP contribution in [0.5, 0.6) is 0 Å². The van der Waals surface area contributed by atoms with E-state index in [2.05, 4.69) is 60.2 Å². The van der Waals surface area contributed by atoms with Crippen LogP contribution >= 0.6 is 0 Å². The van der Waals surface area contributed by atoms with E-state index in [1.54, 1.807) is 16.8 Å². The second kappa shape index (κ2) is 12.5. The predicted molar refractivity (Wildman–Crippen MR) is 160 cm³/mol. The summed E-state index contributed by atoms with van der Waals surface area (Å²) in [7, 11) is 1.89. The summed E-state index contributed by atoms with van der Waals surface area (Å²) in [6.07, 6.45) is 3.35. The van der Waals surface area contributed by atoms with Gasteiger partial charge in [-0.2, -0.15) is 0 Å². The zero-order valence-corrected chi connectivity index (χ0v) is 24.9. The van der Waals surface area contributed by atoms with Crippen molar-refractivity contribution in [2.75, 3.05) is 13.2 Å². The number of halogens is 1. The van der Waals surface area contributed by atoms with E-state index in [0.29, 0.717) is 12.5 Å². The zero-order chi connectivity index (χ0) is 29.1. The Balaban J connectivity index is 1.51. The first-order valence-electron chi connectivity index (χ1n) is 14.8. The van der Waals surface area contributed by atoms with Gasteiger partial charge in [0.15, 0.2) is 0 Å². The lowest BCUT2D eigenvalue weighted by atomic mass is 9.84. The van der Waals surface area contributed by atoms with Crippen LogP contribution in [-0.4, -0.2) is 39.0 Å². The lowest BCUT2D eigenvalue weighted by Crippen LogP contribution is -2.31.